The van der Waals surface area contributed by atoms with E-state index >= 15 is 0 Å². The Labute approximate surface area is 470 Å². The molecule has 0 atom stereocenters. The highest BCUT2D eigenvalue weighted by molar-refractivity contribution is 6.23. The van der Waals surface area contributed by atoms with E-state index in [1.54, 1.807) is 60.3 Å². The van der Waals surface area contributed by atoms with Gasteiger partial charge in [0.05, 0.1) is 72.4 Å². The Morgan fingerprint density at radius 2 is 0.840 bits per heavy atom. The topological polar surface area (TPSA) is 234 Å². The summed E-state index contributed by atoms with van der Waals surface area (Å²) in [5, 5.41) is 23.4. The zero-order chi connectivity index (χ0) is 56.5. The van der Waals surface area contributed by atoms with Gasteiger partial charge in [-0.05, 0) is 86.9 Å². The van der Waals surface area contributed by atoms with Gasteiger partial charge in [0.25, 0.3) is 0 Å². The lowest BCUT2D eigenvalue weighted by Gasteiger charge is -2.32. The molecule has 19 heteroatoms. The van der Waals surface area contributed by atoms with Crippen LogP contribution in [0.1, 0.15) is 43.0 Å². The van der Waals surface area contributed by atoms with Crippen LogP contribution in [0.25, 0.3) is 21.8 Å². The van der Waals surface area contributed by atoms with Gasteiger partial charge in [-0.2, -0.15) is 0 Å². The van der Waals surface area contributed by atoms with Gasteiger partial charge < -0.3 is 54.7 Å². The second-order valence-electron chi connectivity index (χ2n) is 20.0. The number of H-pyrrole nitrogens is 2. The molecule has 6 aromatic carbocycles. The van der Waals surface area contributed by atoms with Crippen LogP contribution in [0, 0.1) is 0 Å². The van der Waals surface area contributed by atoms with E-state index in [1.165, 1.54) is 14.2 Å². The van der Waals surface area contributed by atoms with Crippen molar-refractivity contribution < 1.29 is 44.3 Å². The Morgan fingerprint density at radius 1 is 0.494 bits per heavy atom. The second kappa shape index (κ2) is 26.3. The highest BCUT2D eigenvalue weighted by Crippen LogP contribution is 2.35. The molecule has 2 saturated heterocycles. The van der Waals surface area contributed by atoms with Crippen LogP contribution in [0.4, 0.5) is 22.7 Å². The Bertz CT molecular complexity index is 3310. The molecule has 0 unspecified atom stereocenters. The highest BCUT2D eigenvalue weighted by atomic mass is 16.5. The number of carbonyl (C=O) groups excluding carboxylic acids is 4. The largest absolute Gasteiger partial charge is 0.494 e. The number of hydrogen-bond acceptors (Lipinski definition) is 14. The van der Waals surface area contributed by atoms with Crippen LogP contribution in [-0.4, -0.2) is 188 Å². The van der Waals surface area contributed by atoms with E-state index in [1.807, 2.05) is 109 Å². The van der Waals surface area contributed by atoms with E-state index in [0.717, 1.165) is 85.6 Å². The number of piperazine rings is 2. The molecular weight excluding hydrogens is 1030 g/mol. The number of nitrogens with one attached hydrogen (secondary N) is 2. The Kier molecular flexibility index (Phi) is 18.9. The predicted octanol–water partition coefficient (Wildman–Crippen LogP) is 7.25. The zero-order valence-corrected chi connectivity index (χ0v) is 46.3. The van der Waals surface area contributed by atoms with E-state index < -0.39 is 11.9 Å². The maximum atomic E-state index is 12.9. The molecular formula is C62H68N10O9. The summed E-state index contributed by atoms with van der Waals surface area (Å²) in [4.78, 5) is 78.0. The molecule has 6 N–H and O–H groups in total. The summed E-state index contributed by atoms with van der Waals surface area (Å²) in [5.74, 6) is -0.930. The average Bonchev–Trinajstić information content (AvgIpc) is 4.17. The fourth-order valence-electron chi connectivity index (χ4n) is 9.71. The maximum absolute atomic E-state index is 12.9. The summed E-state index contributed by atoms with van der Waals surface area (Å²) >= 11 is 0. The second-order valence-corrected chi connectivity index (χ2v) is 20.0. The number of amides is 2. The fraction of sp³-hybridized carbons (Fsp3) is 0.258. The van der Waals surface area contributed by atoms with E-state index in [9.17, 15) is 29.4 Å². The standard InChI is InChI=1S/2C31H33N5O4.H2O/c2*1-34-15-17-36(18-16-34)20-27(37)35(2)24-12-10-23(11-13-24)32-29(21-7-5-4-6-8-21)28-25-14-9-22(31(39)40-3)19-26(25)33-30(28)38;/h2*4-14,19,33,38H,15-18,20H2,1-3H3;1H2. The third-order valence-electron chi connectivity index (χ3n) is 14.6. The number of fused-ring (bicyclic) bond motifs is 2. The van der Waals surface area contributed by atoms with Gasteiger partial charge >= 0.3 is 11.9 Å². The normalized spacial score (nSPS) is 14.6. The Hall–Kier alpha value is -8.98. The minimum atomic E-state index is -0.457. The van der Waals surface area contributed by atoms with Gasteiger partial charge in [-0.3, -0.25) is 19.4 Å². The number of hydrogen-bond donors (Lipinski definition) is 4. The van der Waals surface area contributed by atoms with Gasteiger partial charge in [-0.25, -0.2) is 19.6 Å². The van der Waals surface area contributed by atoms with Crippen LogP contribution in [0.2, 0.25) is 0 Å². The number of anilines is 2. The quantitative estimate of drug-likeness (QED) is 0.0623. The summed E-state index contributed by atoms with van der Waals surface area (Å²) in [6.07, 6.45) is 0. The number of ether oxygens (including phenoxy) is 2. The number of aromatic hydroxyl groups is 2. The smallest absolute Gasteiger partial charge is 0.337 e. The molecule has 2 fully saturated rings. The van der Waals surface area contributed by atoms with Crippen molar-refractivity contribution in [2.45, 2.75) is 0 Å². The number of esters is 2. The highest BCUT2D eigenvalue weighted by Gasteiger charge is 2.24. The number of aromatic amines is 2. The monoisotopic (exact) mass is 1100 g/mol. The van der Waals surface area contributed by atoms with Crippen LogP contribution < -0.4 is 9.80 Å². The number of likely N-dealkylation sites (N-methyl/N-ethyl adjacent to an activating group) is 4. The van der Waals surface area contributed by atoms with E-state index in [2.05, 4.69) is 43.7 Å². The first-order valence-corrected chi connectivity index (χ1v) is 26.4. The van der Waals surface area contributed by atoms with Crippen LogP contribution in [0.5, 0.6) is 11.8 Å². The third kappa shape index (κ3) is 13.7. The maximum Gasteiger partial charge on any atom is 0.337 e. The Balaban J connectivity index is 0.000000210. The summed E-state index contributed by atoms with van der Waals surface area (Å²) in [5.41, 5.74) is 8.68. The first-order chi connectivity index (χ1) is 38.7. The molecule has 2 aliphatic heterocycles. The van der Waals surface area contributed by atoms with Crippen molar-refractivity contribution in [2.24, 2.45) is 9.98 Å². The first-order valence-electron chi connectivity index (χ1n) is 26.4. The van der Waals surface area contributed by atoms with Crippen molar-refractivity contribution in [1.29, 1.82) is 0 Å². The molecule has 2 aliphatic rings. The lowest BCUT2D eigenvalue weighted by Crippen LogP contribution is -2.48. The Morgan fingerprint density at radius 3 is 1.17 bits per heavy atom. The molecule has 81 heavy (non-hydrogen) atoms. The summed E-state index contributed by atoms with van der Waals surface area (Å²) in [6, 6.07) is 44.3. The van der Waals surface area contributed by atoms with Crippen LogP contribution in [0.15, 0.2) is 156 Å². The van der Waals surface area contributed by atoms with Crippen molar-refractivity contribution in [2.75, 3.05) is 118 Å². The van der Waals surface area contributed by atoms with Gasteiger partial charge in [0, 0.05) is 111 Å². The van der Waals surface area contributed by atoms with Crippen molar-refractivity contribution in [3.8, 4) is 11.8 Å². The number of benzene rings is 6. The minimum Gasteiger partial charge on any atom is -0.494 e. The predicted molar refractivity (Wildman–Crippen MR) is 317 cm³/mol. The molecule has 0 radical (unpaired) electrons. The van der Waals surface area contributed by atoms with Crippen LogP contribution >= 0.6 is 0 Å². The average molecular weight is 1100 g/mol. The van der Waals surface area contributed by atoms with Gasteiger partial charge in [-0.1, -0.05) is 72.8 Å². The molecule has 2 amide bonds. The SMILES string of the molecule is COC(=O)c1ccc2c(C(=Nc3ccc(N(C)C(=O)CN4CCN(C)CC4)cc3)c3ccccc3)c(O)[nH]c2c1.COC(=O)c1ccc2c(C(=Nc3ccc(N(C)C(=O)CN4CCN(C)CC4)cc3)c3ccccc3)c(O)[nH]c2c1.O. The van der Waals surface area contributed by atoms with Gasteiger partial charge in [0.1, 0.15) is 0 Å². The number of nitrogens with zero attached hydrogens (tertiary/aromatic N) is 8. The zero-order valence-electron chi connectivity index (χ0n) is 46.3. The first kappa shape index (κ1) is 58.2. The van der Waals surface area contributed by atoms with Gasteiger partial charge in [0.2, 0.25) is 11.8 Å². The number of carbonyl (C=O) groups is 4. The molecule has 420 valence electrons. The molecule has 0 aliphatic carbocycles. The van der Waals surface area contributed by atoms with Crippen molar-refractivity contribution in [1.82, 2.24) is 29.6 Å². The summed E-state index contributed by atoms with van der Waals surface area (Å²) in [6.45, 7) is 8.18. The summed E-state index contributed by atoms with van der Waals surface area (Å²) in [7, 11) is 10.4. The van der Waals surface area contributed by atoms with Crippen LogP contribution in [0.3, 0.4) is 0 Å². The molecule has 0 bridgehead atoms. The lowest BCUT2D eigenvalue weighted by atomic mass is 10.00. The molecule has 4 heterocycles. The number of rotatable bonds is 14. The molecule has 2 aromatic heterocycles. The molecule has 0 spiro atoms. The molecule has 19 nitrogen and oxygen atoms in total. The van der Waals surface area contributed by atoms with Gasteiger partial charge in [0.15, 0.2) is 11.8 Å². The van der Waals surface area contributed by atoms with E-state index in [4.69, 9.17) is 19.5 Å². The van der Waals surface area contributed by atoms with E-state index in [-0.39, 0.29) is 29.1 Å². The van der Waals surface area contributed by atoms with Gasteiger partial charge in [-0.15, -0.1) is 0 Å². The minimum absolute atomic E-state index is 0. The molecule has 0 saturated carbocycles. The van der Waals surface area contributed by atoms with Crippen LogP contribution in [-0.2, 0) is 19.1 Å². The van der Waals surface area contributed by atoms with Crippen molar-refractivity contribution in [3.63, 3.8) is 0 Å². The number of aliphatic imine (C=N–C) groups is 2. The van der Waals surface area contributed by atoms with E-state index in [0.29, 0.717) is 69.2 Å². The number of methoxy groups -OCH3 is 2. The summed E-state index contributed by atoms with van der Waals surface area (Å²) < 4.78 is 9.67. The molecule has 8 aromatic rings. The lowest BCUT2D eigenvalue weighted by molar-refractivity contribution is -0.120. The number of aromatic nitrogens is 2. The fourth-order valence-corrected chi connectivity index (χ4v) is 9.71. The third-order valence-corrected chi connectivity index (χ3v) is 14.6. The molecule has 10 rings (SSSR count). The van der Waals surface area contributed by atoms with Crippen molar-refractivity contribution in [3.05, 3.63) is 179 Å². The van der Waals surface area contributed by atoms with Crippen molar-refractivity contribution >= 4 is 79.7 Å².